The molecule has 5 rings (SSSR count). The van der Waals surface area contributed by atoms with E-state index in [2.05, 4.69) is 25.5 Å². The predicted molar refractivity (Wildman–Crippen MR) is 117 cm³/mol. The van der Waals surface area contributed by atoms with Gasteiger partial charge in [-0.2, -0.15) is 10.1 Å². The standard InChI is InChI=1S/C21H21N7O2S/c29-21(23-16-13-22-28(14-16)17-5-2-1-3-6-17)27-10-8-26(9-11-27)15-19-24-20(25-30-19)18-7-4-12-31-18/h1-7,12-14H,8-11,15H2,(H,23,29). The highest BCUT2D eigenvalue weighted by Gasteiger charge is 2.23. The van der Waals surface area contributed by atoms with Gasteiger partial charge in [-0.1, -0.05) is 29.4 Å². The van der Waals surface area contributed by atoms with Gasteiger partial charge < -0.3 is 14.7 Å². The lowest BCUT2D eigenvalue weighted by Gasteiger charge is -2.33. The quantitative estimate of drug-likeness (QED) is 0.517. The molecule has 0 radical (unpaired) electrons. The second kappa shape index (κ2) is 8.70. The molecule has 2 amide bonds. The molecule has 0 aliphatic carbocycles. The van der Waals surface area contributed by atoms with Crippen molar-refractivity contribution in [1.82, 2.24) is 29.7 Å². The maximum atomic E-state index is 12.6. The summed E-state index contributed by atoms with van der Waals surface area (Å²) in [5, 5.41) is 13.3. The topological polar surface area (TPSA) is 92.3 Å². The van der Waals surface area contributed by atoms with Gasteiger partial charge in [-0.05, 0) is 23.6 Å². The Kier molecular flexibility index (Phi) is 5.46. The Hall–Kier alpha value is -3.50. The fraction of sp³-hybridized carbons (Fsp3) is 0.238. The number of urea groups is 1. The Morgan fingerprint density at radius 3 is 2.71 bits per heavy atom. The summed E-state index contributed by atoms with van der Waals surface area (Å²) in [6, 6.07) is 13.6. The van der Waals surface area contributed by atoms with E-state index in [1.54, 1.807) is 27.1 Å². The van der Waals surface area contributed by atoms with E-state index >= 15 is 0 Å². The van der Waals surface area contributed by atoms with Gasteiger partial charge in [0.15, 0.2) is 0 Å². The van der Waals surface area contributed by atoms with Crippen LogP contribution in [-0.4, -0.2) is 61.9 Å². The molecule has 1 saturated heterocycles. The molecule has 1 N–H and O–H groups in total. The minimum Gasteiger partial charge on any atom is -0.338 e. The molecule has 0 bridgehead atoms. The van der Waals surface area contributed by atoms with Crippen LogP contribution in [0, 0.1) is 0 Å². The van der Waals surface area contributed by atoms with Gasteiger partial charge in [0.25, 0.3) is 0 Å². The number of hydrogen-bond donors (Lipinski definition) is 1. The molecule has 4 heterocycles. The number of amides is 2. The summed E-state index contributed by atoms with van der Waals surface area (Å²) in [6.45, 7) is 3.33. The highest BCUT2D eigenvalue weighted by molar-refractivity contribution is 7.13. The summed E-state index contributed by atoms with van der Waals surface area (Å²) in [5.41, 5.74) is 1.61. The number of thiophene rings is 1. The Labute approximate surface area is 182 Å². The van der Waals surface area contributed by atoms with E-state index in [0.717, 1.165) is 23.7 Å². The third-order valence-electron chi connectivity index (χ3n) is 5.08. The Balaban J connectivity index is 1.12. The van der Waals surface area contributed by atoms with Crippen LogP contribution in [0.2, 0.25) is 0 Å². The maximum Gasteiger partial charge on any atom is 0.322 e. The Morgan fingerprint density at radius 1 is 1.10 bits per heavy atom. The molecule has 4 aromatic rings. The largest absolute Gasteiger partial charge is 0.338 e. The van der Waals surface area contributed by atoms with Crippen molar-refractivity contribution in [2.24, 2.45) is 0 Å². The first-order valence-corrected chi connectivity index (χ1v) is 10.9. The molecule has 0 saturated carbocycles. The molecule has 0 spiro atoms. The van der Waals surface area contributed by atoms with E-state index < -0.39 is 0 Å². The number of carbonyl (C=O) groups excluding carboxylic acids is 1. The number of nitrogens with zero attached hydrogens (tertiary/aromatic N) is 6. The van der Waals surface area contributed by atoms with Gasteiger partial charge in [0.2, 0.25) is 11.7 Å². The third-order valence-corrected chi connectivity index (χ3v) is 5.95. The molecule has 31 heavy (non-hydrogen) atoms. The van der Waals surface area contributed by atoms with Gasteiger partial charge in [-0.15, -0.1) is 11.3 Å². The summed E-state index contributed by atoms with van der Waals surface area (Å²) >= 11 is 1.58. The maximum absolute atomic E-state index is 12.6. The third kappa shape index (κ3) is 4.49. The van der Waals surface area contributed by atoms with Crippen molar-refractivity contribution in [3.63, 3.8) is 0 Å². The molecule has 3 aromatic heterocycles. The lowest BCUT2D eigenvalue weighted by molar-refractivity contribution is 0.133. The predicted octanol–water partition coefficient (Wildman–Crippen LogP) is 3.33. The van der Waals surface area contributed by atoms with Crippen LogP contribution in [0.25, 0.3) is 16.4 Å². The smallest absolute Gasteiger partial charge is 0.322 e. The highest BCUT2D eigenvalue weighted by Crippen LogP contribution is 2.22. The number of benzene rings is 1. The number of para-hydroxylation sites is 1. The van der Waals surface area contributed by atoms with Gasteiger partial charge in [-0.25, -0.2) is 9.48 Å². The van der Waals surface area contributed by atoms with Crippen molar-refractivity contribution in [2.45, 2.75) is 6.54 Å². The van der Waals surface area contributed by atoms with Crippen molar-refractivity contribution in [3.8, 4) is 16.4 Å². The number of rotatable bonds is 5. The molecule has 9 nitrogen and oxygen atoms in total. The number of nitrogens with one attached hydrogen (secondary N) is 1. The van der Waals surface area contributed by atoms with Crippen molar-refractivity contribution < 1.29 is 9.32 Å². The van der Waals surface area contributed by atoms with Crippen LogP contribution in [0.3, 0.4) is 0 Å². The van der Waals surface area contributed by atoms with Crippen LogP contribution in [-0.2, 0) is 6.54 Å². The zero-order valence-corrected chi connectivity index (χ0v) is 17.5. The SMILES string of the molecule is O=C(Nc1cnn(-c2ccccc2)c1)N1CCN(Cc2nc(-c3cccs3)no2)CC1. The zero-order valence-electron chi connectivity index (χ0n) is 16.7. The van der Waals surface area contributed by atoms with Crippen LogP contribution in [0.5, 0.6) is 0 Å². The van der Waals surface area contributed by atoms with Crippen LogP contribution < -0.4 is 5.32 Å². The normalized spacial score (nSPS) is 14.6. The molecular formula is C21H21N7O2S. The van der Waals surface area contributed by atoms with E-state index in [1.807, 2.05) is 54.0 Å². The molecular weight excluding hydrogens is 414 g/mol. The van der Waals surface area contributed by atoms with Gasteiger partial charge in [0.05, 0.1) is 35.2 Å². The lowest BCUT2D eigenvalue weighted by Crippen LogP contribution is -2.49. The molecule has 0 atom stereocenters. The number of hydrogen-bond acceptors (Lipinski definition) is 7. The van der Waals surface area contributed by atoms with Crippen molar-refractivity contribution in [3.05, 3.63) is 66.1 Å². The van der Waals surface area contributed by atoms with Gasteiger partial charge in [0.1, 0.15) is 0 Å². The summed E-state index contributed by atoms with van der Waals surface area (Å²) in [6.07, 6.45) is 3.46. The number of anilines is 1. The molecule has 1 aliphatic heterocycles. The van der Waals surface area contributed by atoms with Crippen LogP contribution in [0.1, 0.15) is 5.89 Å². The lowest BCUT2D eigenvalue weighted by atomic mass is 10.3. The van der Waals surface area contributed by atoms with Crippen LogP contribution >= 0.6 is 11.3 Å². The summed E-state index contributed by atoms with van der Waals surface area (Å²) in [7, 11) is 0. The second-order valence-electron chi connectivity index (χ2n) is 7.19. The number of piperazine rings is 1. The van der Waals surface area contributed by atoms with E-state index in [1.165, 1.54) is 0 Å². The molecule has 10 heteroatoms. The van der Waals surface area contributed by atoms with Crippen LogP contribution in [0.4, 0.5) is 10.5 Å². The van der Waals surface area contributed by atoms with Crippen molar-refractivity contribution in [2.75, 3.05) is 31.5 Å². The van der Waals surface area contributed by atoms with Crippen LogP contribution in [0.15, 0.2) is 64.8 Å². The molecule has 1 fully saturated rings. The van der Waals surface area contributed by atoms with Crippen molar-refractivity contribution in [1.29, 1.82) is 0 Å². The minimum absolute atomic E-state index is 0.120. The number of aromatic nitrogens is 4. The van der Waals surface area contributed by atoms with E-state index in [4.69, 9.17) is 4.52 Å². The molecule has 158 valence electrons. The fourth-order valence-electron chi connectivity index (χ4n) is 3.44. The average Bonchev–Trinajstić information content (AvgIpc) is 3.57. The Morgan fingerprint density at radius 2 is 1.94 bits per heavy atom. The van der Waals surface area contributed by atoms with E-state index in [-0.39, 0.29) is 6.03 Å². The van der Waals surface area contributed by atoms with Crippen molar-refractivity contribution >= 4 is 23.1 Å². The summed E-state index contributed by atoms with van der Waals surface area (Å²) < 4.78 is 7.12. The second-order valence-corrected chi connectivity index (χ2v) is 8.14. The van der Waals surface area contributed by atoms with Gasteiger partial charge in [0, 0.05) is 26.2 Å². The highest BCUT2D eigenvalue weighted by atomic mass is 32.1. The van der Waals surface area contributed by atoms with E-state index in [9.17, 15) is 4.79 Å². The number of carbonyl (C=O) groups is 1. The molecule has 1 aromatic carbocycles. The summed E-state index contributed by atoms with van der Waals surface area (Å²) in [4.78, 5) is 22.1. The van der Waals surface area contributed by atoms with Gasteiger partial charge >= 0.3 is 6.03 Å². The average molecular weight is 436 g/mol. The first kappa shape index (κ1) is 19.5. The van der Waals surface area contributed by atoms with E-state index in [0.29, 0.717) is 37.0 Å². The molecule has 0 unspecified atom stereocenters. The molecule has 1 aliphatic rings. The zero-order chi connectivity index (χ0) is 21.0. The van der Waals surface area contributed by atoms with Gasteiger partial charge in [-0.3, -0.25) is 4.90 Å². The Bertz CT molecular complexity index is 1130. The monoisotopic (exact) mass is 435 g/mol. The minimum atomic E-state index is -0.120. The first-order valence-electron chi connectivity index (χ1n) is 9.99. The summed E-state index contributed by atoms with van der Waals surface area (Å²) in [5.74, 6) is 1.22. The first-order chi connectivity index (χ1) is 15.2. The fourth-order valence-corrected chi connectivity index (χ4v) is 4.09.